The number of fused-ring (bicyclic) bond motifs is 4. The lowest BCUT2D eigenvalue weighted by Crippen LogP contribution is -2.53. The Bertz CT molecular complexity index is 2090. The first-order valence-corrected chi connectivity index (χ1v) is 18.4. The van der Waals surface area contributed by atoms with Crippen molar-refractivity contribution in [1.29, 1.82) is 5.26 Å². The van der Waals surface area contributed by atoms with Crippen LogP contribution < -0.4 is 10.2 Å². The fraction of sp³-hybridized carbons (Fsp3) is 0.439. The highest BCUT2D eigenvalue weighted by Gasteiger charge is 2.41. The van der Waals surface area contributed by atoms with Crippen LogP contribution in [0.1, 0.15) is 102 Å². The van der Waals surface area contributed by atoms with Gasteiger partial charge in [-0.2, -0.15) is 5.26 Å². The van der Waals surface area contributed by atoms with E-state index in [9.17, 15) is 19.6 Å². The van der Waals surface area contributed by atoms with E-state index >= 15 is 0 Å². The van der Waals surface area contributed by atoms with Crippen LogP contribution in [0.4, 0.5) is 5.69 Å². The fourth-order valence-electron chi connectivity index (χ4n) is 8.93. The van der Waals surface area contributed by atoms with Gasteiger partial charge in [-0.3, -0.25) is 34.5 Å². The minimum absolute atomic E-state index is 0.0630. The molecule has 51 heavy (non-hydrogen) atoms. The molecule has 2 amide bonds. The Balaban J connectivity index is 0.920. The molecular formula is C41H45N7O3. The molecule has 2 aromatic heterocycles. The van der Waals surface area contributed by atoms with Crippen molar-refractivity contribution in [1.82, 2.24) is 25.1 Å². The summed E-state index contributed by atoms with van der Waals surface area (Å²) in [4.78, 5) is 53.8. The molecule has 2 N–H and O–H groups in total. The van der Waals surface area contributed by atoms with Crippen LogP contribution in [-0.2, 0) is 28.0 Å². The maximum Gasteiger partial charge on any atom is 0.235 e. The van der Waals surface area contributed by atoms with E-state index in [1.54, 1.807) is 12.3 Å². The molecule has 0 spiro atoms. The van der Waals surface area contributed by atoms with Crippen LogP contribution in [0.2, 0.25) is 0 Å². The van der Waals surface area contributed by atoms with Gasteiger partial charge in [0.15, 0.2) is 5.78 Å². The number of pyridine rings is 1. The third kappa shape index (κ3) is 5.92. The van der Waals surface area contributed by atoms with E-state index < -0.39 is 5.41 Å². The lowest BCUT2D eigenvalue weighted by atomic mass is 9.70. The van der Waals surface area contributed by atoms with Gasteiger partial charge in [0.05, 0.1) is 28.8 Å². The lowest BCUT2D eigenvalue weighted by Gasteiger charge is -2.44. The van der Waals surface area contributed by atoms with Crippen molar-refractivity contribution in [2.24, 2.45) is 0 Å². The molecule has 5 heterocycles. The second-order valence-corrected chi connectivity index (χ2v) is 15.2. The van der Waals surface area contributed by atoms with Gasteiger partial charge in [-0.25, -0.2) is 0 Å². The number of nitriles is 1. The number of aryl methyl sites for hydroxylation is 1. The highest BCUT2D eigenvalue weighted by atomic mass is 16.2. The summed E-state index contributed by atoms with van der Waals surface area (Å²) in [5, 5.41) is 12.8. The van der Waals surface area contributed by atoms with E-state index in [0.717, 1.165) is 110 Å². The van der Waals surface area contributed by atoms with Gasteiger partial charge < -0.3 is 9.88 Å². The third-order valence-corrected chi connectivity index (χ3v) is 11.9. The van der Waals surface area contributed by atoms with Crippen LogP contribution >= 0.6 is 0 Å². The van der Waals surface area contributed by atoms with E-state index in [-0.39, 0.29) is 23.5 Å². The number of aromatic amines is 1. The molecule has 4 aliphatic rings. The second-order valence-electron chi connectivity index (χ2n) is 15.2. The number of nitrogens with one attached hydrogen (secondary N) is 2. The minimum atomic E-state index is -0.397. The molecular weight excluding hydrogens is 638 g/mol. The van der Waals surface area contributed by atoms with Gasteiger partial charge >= 0.3 is 0 Å². The molecule has 1 aliphatic carbocycles. The molecule has 0 radical (unpaired) electrons. The van der Waals surface area contributed by atoms with Gasteiger partial charge in [-0.05, 0) is 78.8 Å². The average molecular weight is 684 g/mol. The van der Waals surface area contributed by atoms with Crippen molar-refractivity contribution in [3.8, 4) is 6.07 Å². The highest BCUT2D eigenvalue weighted by molar-refractivity contribution is 6.20. The number of anilines is 1. The number of ketones is 1. The number of imide groups is 1. The molecule has 4 aromatic rings. The molecule has 1 atom stereocenters. The third-order valence-electron chi connectivity index (χ3n) is 11.9. The monoisotopic (exact) mass is 683 g/mol. The molecule has 10 heteroatoms. The zero-order chi connectivity index (χ0) is 35.4. The SMILES string of the molecule is CCc1cc2c(cc1N1CCC(N3CCN(Cc4ccnc(C5CCC(=O)NC5=O)c4)CC3)CC1)C(C)(C)c1[nH]c3cc(C#N)ccc3c1C2=O. The predicted molar refractivity (Wildman–Crippen MR) is 196 cm³/mol. The number of hydrogen-bond donors (Lipinski definition) is 2. The Labute approximate surface area is 298 Å². The first-order chi connectivity index (χ1) is 24.6. The summed E-state index contributed by atoms with van der Waals surface area (Å²) in [5.41, 5.74) is 8.92. The minimum Gasteiger partial charge on any atom is -0.371 e. The van der Waals surface area contributed by atoms with Gasteiger partial charge in [0.2, 0.25) is 11.8 Å². The predicted octanol–water partition coefficient (Wildman–Crippen LogP) is 5.17. The highest BCUT2D eigenvalue weighted by Crippen LogP contribution is 2.46. The van der Waals surface area contributed by atoms with Gasteiger partial charge in [0.25, 0.3) is 0 Å². The number of rotatable bonds is 6. The van der Waals surface area contributed by atoms with E-state index in [2.05, 4.69) is 69.0 Å². The van der Waals surface area contributed by atoms with Gasteiger partial charge in [-0.1, -0.05) is 26.8 Å². The summed E-state index contributed by atoms with van der Waals surface area (Å²) < 4.78 is 0. The van der Waals surface area contributed by atoms with Crippen LogP contribution in [0.15, 0.2) is 48.7 Å². The summed E-state index contributed by atoms with van der Waals surface area (Å²) in [6.45, 7) is 13.4. The number of aromatic nitrogens is 2. The van der Waals surface area contributed by atoms with E-state index in [4.69, 9.17) is 0 Å². The number of piperazine rings is 1. The number of benzene rings is 2. The van der Waals surface area contributed by atoms with Crippen molar-refractivity contribution in [3.63, 3.8) is 0 Å². The molecule has 10 nitrogen and oxygen atoms in total. The number of amides is 2. The van der Waals surface area contributed by atoms with Gasteiger partial charge in [-0.15, -0.1) is 0 Å². The normalized spacial score (nSPS) is 21.3. The molecule has 262 valence electrons. The second kappa shape index (κ2) is 13.0. The zero-order valence-electron chi connectivity index (χ0n) is 29.7. The first kappa shape index (κ1) is 33.3. The molecule has 3 aliphatic heterocycles. The Hall–Kier alpha value is -4.85. The molecule has 3 saturated heterocycles. The van der Waals surface area contributed by atoms with E-state index in [1.165, 1.54) is 11.3 Å². The van der Waals surface area contributed by atoms with Crippen molar-refractivity contribution >= 4 is 34.2 Å². The van der Waals surface area contributed by atoms with Gasteiger partial charge in [0, 0.05) is 97.7 Å². The van der Waals surface area contributed by atoms with E-state index in [1.807, 2.05) is 24.3 Å². The maximum absolute atomic E-state index is 14.1. The number of carbonyl (C=O) groups excluding carboxylic acids is 3. The summed E-state index contributed by atoms with van der Waals surface area (Å²) in [6.07, 6.45) is 5.73. The lowest BCUT2D eigenvalue weighted by molar-refractivity contribution is -0.134. The summed E-state index contributed by atoms with van der Waals surface area (Å²) >= 11 is 0. The molecule has 8 rings (SSSR count). The molecule has 0 saturated carbocycles. The Morgan fingerprint density at radius 1 is 0.961 bits per heavy atom. The standard InChI is InChI=1S/C41H45N7O3/c1-4-27-21-31-32(41(2,3)39-37(38(31)50)29-6-5-25(23-42)19-34(29)44-39)22-35(27)48-13-10-28(11-14-48)47-17-15-46(16-18-47)24-26-9-12-43-33(20-26)30-7-8-36(49)45-40(30)51/h5-6,9,12,19-22,28,30,44H,4,7-8,10-11,13-18,24H2,1-3H3,(H,45,49,51). The number of hydrogen-bond acceptors (Lipinski definition) is 8. The van der Waals surface area contributed by atoms with E-state index in [0.29, 0.717) is 24.4 Å². The van der Waals surface area contributed by atoms with Crippen LogP contribution in [0, 0.1) is 11.3 Å². The molecule has 2 aromatic carbocycles. The molecule has 1 unspecified atom stereocenters. The molecule has 0 bridgehead atoms. The number of H-pyrrole nitrogens is 1. The van der Waals surface area contributed by atoms with Crippen LogP contribution in [0.5, 0.6) is 0 Å². The van der Waals surface area contributed by atoms with Crippen LogP contribution in [-0.4, -0.2) is 82.7 Å². The fourth-order valence-corrected chi connectivity index (χ4v) is 8.93. The zero-order valence-corrected chi connectivity index (χ0v) is 29.7. The maximum atomic E-state index is 14.1. The Kier molecular flexibility index (Phi) is 8.52. The summed E-state index contributed by atoms with van der Waals surface area (Å²) in [6, 6.07) is 16.8. The van der Waals surface area contributed by atoms with Crippen molar-refractivity contribution in [3.05, 3.63) is 93.4 Å². The van der Waals surface area contributed by atoms with Crippen LogP contribution in [0.3, 0.4) is 0 Å². The number of nitrogens with zero attached hydrogens (tertiary/aromatic N) is 5. The summed E-state index contributed by atoms with van der Waals surface area (Å²) in [5.74, 6) is -0.744. The van der Waals surface area contributed by atoms with Crippen molar-refractivity contribution in [2.75, 3.05) is 44.2 Å². The Morgan fingerprint density at radius 2 is 1.75 bits per heavy atom. The Morgan fingerprint density at radius 3 is 2.47 bits per heavy atom. The number of carbonyl (C=O) groups is 3. The average Bonchev–Trinajstić information content (AvgIpc) is 3.54. The smallest absolute Gasteiger partial charge is 0.235 e. The van der Waals surface area contributed by atoms with Crippen molar-refractivity contribution in [2.45, 2.75) is 76.8 Å². The first-order valence-electron chi connectivity index (χ1n) is 18.4. The quantitative estimate of drug-likeness (QED) is 0.267. The summed E-state index contributed by atoms with van der Waals surface area (Å²) in [7, 11) is 0. The van der Waals surface area contributed by atoms with Crippen molar-refractivity contribution < 1.29 is 14.4 Å². The largest absolute Gasteiger partial charge is 0.371 e. The topological polar surface area (TPSA) is 125 Å². The van der Waals surface area contributed by atoms with Crippen LogP contribution in [0.25, 0.3) is 10.9 Å². The van der Waals surface area contributed by atoms with Gasteiger partial charge in [0.1, 0.15) is 0 Å². The molecule has 3 fully saturated rings. The number of piperidine rings is 2.